The molecule has 2 aromatic carbocycles. The fraction of sp³-hybridized carbons (Fsp3) is 0.700. The average Bonchev–Trinajstić information content (AvgIpc) is 2.92. The molecule has 0 aromatic heterocycles. The fourth-order valence-electron chi connectivity index (χ4n) is 6.38. The van der Waals surface area contributed by atoms with Crippen molar-refractivity contribution in [3.8, 4) is 0 Å². The van der Waals surface area contributed by atoms with Crippen LogP contribution in [-0.2, 0) is 0 Å². The highest BCUT2D eigenvalue weighted by molar-refractivity contribution is 5.47. The first kappa shape index (κ1) is 34.6. The second kappa shape index (κ2) is 18.8. The zero-order chi connectivity index (χ0) is 29.5. The van der Waals surface area contributed by atoms with Crippen LogP contribution in [0, 0.1) is 0 Å². The minimum absolute atomic E-state index is 0.491. The van der Waals surface area contributed by atoms with Crippen molar-refractivity contribution in [2.45, 2.75) is 182 Å². The first-order valence-electron chi connectivity index (χ1n) is 17.4. The summed E-state index contributed by atoms with van der Waals surface area (Å²) in [7, 11) is 0. The van der Waals surface area contributed by atoms with Gasteiger partial charge in [-0.25, -0.2) is 0 Å². The molecule has 0 amide bonds. The van der Waals surface area contributed by atoms with Crippen LogP contribution in [0.3, 0.4) is 0 Å². The first-order chi connectivity index (χ1) is 19.2. The summed E-state index contributed by atoms with van der Waals surface area (Å²) in [6.45, 7) is 21.1. The van der Waals surface area contributed by atoms with Crippen molar-refractivity contribution in [2.75, 3.05) is 0 Å². The molecule has 0 aliphatic heterocycles. The van der Waals surface area contributed by atoms with E-state index in [1.807, 2.05) is 0 Å². The molecule has 0 saturated carbocycles. The number of unbranched alkanes of at least 4 members (excludes halogenated alkanes) is 12. The quantitative estimate of drug-likeness (QED) is 0.145. The summed E-state index contributed by atoms with van der Waals surface area (Å²) in [5.74, 6) is 2.72. The maximum absolute atomic E-state index is 2.53. The molecule has 0 bridgehead atoms. The van der Waals surface area contributed by atoms with Crippen molar-refractivity contribution in [3.05, 3.63) is 69.8 Å². The van der Waals surface area contributed by atoms with Gasteiger partial charge in [-0.2, -0.15) is 0 Å². The Kier molecular flexibility index (Phi) is 16.3. The van der Waals surface area contributed by atoms with Gasteiger partial charge in [-0.15, -0.1) is 0 Å². The van der Waals surface area contributed by atoms with Gasteiger partial charge in [0.1, 0.15) is 0 Å². The summed E-state index contributed by atoms with van der Waals surface area (Å²) < 4.78 is 0. The molecule has 2 aromatic rings. The summed E-state index contributed by atoms with van der Waals surface area (Å²) >= 11 is 0. The summed E-state index contributed by atoms with van der Waals surface area (Å²) in [5.41, 5.74) is 9.25. The summed E-state index contributed by atoms with van der Waals surface area (Å²) in [4.78, 5) is 0. The normalized spacial score (nSPS) is 12.2. The zero-order valence-corrected chi connectivity index (χ0v) is 28.3. The Hall–Kier alpha value is -1.56. The SMILES string of the molecule is CCCCCCCCCCCCCCCC(c1ccc(C(C)C)cc1C(C)C)c1ccc(C(C)C)cc1C(C)C. The van der Waals surface area contributed by atoms with E-state index < -0.39 is 0 Å². The van der Waals surface area contributed by atoms with E-state index in [9.17, 15) is 0 Å². The van der Waals surface area contributed by atoms with Gasteiger partial charge in [0.25, 0.3) is 0 Å². The zero-order valence-electron chi connectivity index (χ0n) is 28.3. The molecule has 40 heavy (non-hydrogen) atoms. The van der Waals surface area contributed by atoms with E-state index in [1.165, 1.54) is 101 Å². The molecule has 0 N–H and O–H groups in total. The first-order valence-corrected chi connectivity index (χ1v) is 17.4. The average molecular weight is 547 g/mol. The van der Waals surface area contributed by atoms with Crippen molar-refractivity contribution in [1.29, 1.82) is 0 Å². The van der Waals surface area contributed by atoms with Crippen molar-refractivity contribution in [3.63, 3.8) is 0 Å². The fourth-order valence-corrected chi connectivity index (χ4v) is 6.38. The van der Waals surface area contributed by atoms with Crippen molar-refractivity contribution < 1.29 is 0 Å². The van der Waals surface area contributed by atoms with E-state index >= 15 is 0 Å². The second-order valence-corrected chi connectivity index (χ2v) is 14.0. The molecule has 0 aliphatic rings. The summed E-state index contributed by atoms with van der Waals surface area (Å²) in [6, 6.07) is 14.9. The van der Waals surface area contributed by atoms with Gasteiger partial charge in [-0.3, -0.25) is 0 Å². The molecule has 0 fully saturated rings. The van der Waals surface area contributed by atoms with E-state index in [-0.39, 0.29) is 0 Å². The van der Waals surface area contributed by atoms with E-state index in [0.717, 1.165) is 0 Å². The van der Waals surface area contributed by atoms with E-state index in [4.69, 9.17) is 0 Å². The standard InChI is InChI=1S/C40H66/c1-10-11-12-13-14-15-16-17-18-19-20-21-22-23-36(37-26-24-34(30(2)3)28-39(37)32(6)7)38-27-25-35(31(4)5)29-40(38)33(8)9/h24-33,36H,10-23H2,1-9H3. The molecule has 226 valence electrons. The topological polar surface area (TPSA) is 0 Å². The molecule has 0 spiro atoms. The number of hydrogen-bond acceptors (Lipinski definition) is 0. The number of benzene rings is 2. The maximum atomic E-state index is 2.53. The number of hydrogen-bond donors (Lipinski definition) is 0. The molecule has 0 aliphatic carbocycles. The predicted molar refractivity (Wildman–Crippen MR) is 181 cm³/mol. The van der Waals surface area contributed by atoms with Crippen LogP contribution in [0.5, 0.6) is 0 Å². The Balaban J connectivity index is 2.10. The van der Waals surface area contributed by atoms with Crippen LogP contribution in [0.2, 0.25) is 0 Å². The molecule has 0 heterocycles. The van der Waals surface area contributed by atoms with Gasteiger partial charge < -0.3 is 0 Å². The van der Waals surface area contributed by atoms with Crippen molar-refractivity contribution >= 4 is 0 Å². The van der Waals surface area contributed by atoms with Crippen molar-refractivity contribution in [1.82, 2.24) is 0 Å². The molecular weight excluding hydrogens is 480 g/mol. The van der Waals surface area contributed by atoms with E-state index in [1.54, 1.807) is 22.3 Å². The smallest absolute Gasteiger partial charge is 0.00950 e. The highest BCUT2D eigenvalue weighted by Crippen LogP contribution is 2.40. The molecule has 0 heteroatoms. The molecule has 0 nitrogen and oxygen atoms in total. The van der Waals surface area contributed by atoms with Gasteiger partial charge in [-0.05, 0) is 63.5 Å². The molecule has 0 unspecified atom stereocenters. The largest absolute Gasteiger partial charge is 0.0654 e. The highest BCUT2D eigenvalue weighted by Gasteiger charge is 2.23. The van der Waals surface area contributed by atoms with Gasteiger partial charge in [0.05, 0.1) is 0 Å². The Morgan fingerprint density at radius 2 is 0.750 bits per heavy atom. The van der Waals surface area contributed by atoms with Crippen LogP contribution in [0.25, 0.3) is 0 Å². The van der Waals surface area contributed by atoms with Gasteiger partial charge in [0, 0.05) is 5.92 Å². The minimum Gasteiger partial charge on any atom is -0.0654 e. The molecular formula is C40H66. The lowest BCUT2D eigenvalue weighted by molar-refractivity contribution is 0.528. The predicted octanol–water partition coefficient (Wildman–Crippen LogP) is 13.8. The second-order valence-electron chi connectivity index (χ2n) is 14.0. The van der Waals surface area contributed by atoms with Crippen LogP contribution in [-0.4, -0.2) is 0 Å². The summed E-state index contributed by atoms with van der Waals surface area (Å²) in [6.07, 6.45) is 19.7. The van der Waals surface area contributed by atoms with Crippen LogP contribution < -0.4 is 0 Å². The summed E-state index contributed by atoms with van der Waals surface area (Å²) in [5, 5.41) is 0. The number of rotatable bonds is 20. The molecule has 0 atom stereocenters. The lowest BCUT2D eigenvalue weighted by Gasteiger charge is -2.28. The Bertz CT molecular complexity index is 881. The van der Waals surface area contributed by atoms with Gasteiger partial charge >= 0.3 is 0 Å². The van der Waals surface area contributed by atoms with Gasteiger partial charge in [0.15, 0.2) is 0 Å². The lowest BCUT2D eigenvalue weighted by atomic mass is 9.77. The third kappa shape index (κ3) is 11.4. The Morgan fingerprint density at radius 1 is 0.400 bits per heavy atom. The maximum Gasteiger partial charge on any atom is 0.00950 e. The van der Waals surface area contributed by atoms with E-state index in [0.29, 0.717) is 29.6 Å². The van der Waals surface area contributed by atoms with Crippen LogP contribution >= 0.6 is 0 Å². The molecule has 0 saturated heterocycles. The monoisotopic (exact) mass is 547 g/mol. The third-order valence-corrected chi connectivity index (χ3v) is 9.15. The van der Waals surface area contributed by atoms with Crippen LogP contribution in [0.4, 0.5) is 0 Å². The molecule has 2 rings (SSSR count). The molecule has 0 radical (unpaired) electrons. The highest BCUT2D eigenvalue weighted by atomic mass is 14.3. The Labute approximate surface area is 251 Å². The Morgan fingerprint density at radius 3 is 1.07 bits per heavy atom. The van der Waals surface area contributed by atoms with Crippen LogP contribution in [0.15, 0.2) is 36.4 Å². The van der Waals surface area contributed by atoms with Crippen LogP contribution in [0.1, 0.15) is 215 Å². The van der Waals surface area contributed by atoms with Gasteiger partial charge in [-0.1, -0.05) is 182 Å². The van der Waals surface area contributed by atoms with Crippen molar-refractivity contribution in [2.24, 2.45) is 0 Å². The van der Waals surface area contributed by atoms with E-state index in [2.05, 4.69) is 98.7 Å². The third-order valence-electron chi connectivity index (χ3n) is 9.15. The lowest BCUT2D eigenvalue weighted by Crippen LogP contribution is -2.11. The van der Waals surface area contributed by atoms with Gasteiger partial charge in [0.2, 0.25) is 0 Å². The minimum atomic E-state index is 0.491.